The molecule has 0 unspecified atom stereocenters. The summed E-state index contributed by atoms with van der Waals surface area (Å²) < 4.78 is 0. The van der Waals surface area contributed by atoms with E-state index in [4.69, 9.17) is 0 Å². The molecule has 0 radical (unpaired) electrons. The van der Waals surface area contributed by atoms with Gasteiger partial charge in [-0.05, 0) is 97.6 Å². The molecule has 0 aromatic heterocycles. The maximum atomic E-state index is 3.11. The van der Waals surface area contributed by atoms with Gasteiger partial charge in [-0.2, -0.15) is 0 Å². The van der Waals surface area contributed by atoms with Crippen LogP contribution in [0.25, 0.3) is 0 Å². The molecule has 28 heavy (non-hydrogen) atoms. The van der Waals surface area contributed by atoms with E-state index in [9.17, 15) is 0 Å². The summed E-state index contributed by atoms with van der Waals surface area (Å²) in [4.78, 5) is 2.49. The Morgan fingerprint density at radius 3 is 1.32 bits per heavy atom. The molecule has 0 amide bonds. The maximum absolute atomic E-state index is 3.11. The lowest BCUT2D eigenvalue weighted by atomic mass is 10.2. The van der Waals surface area contributed by atoms with Crippen molar-refractivity contribution in [2.45, 2.75) is 35.5 Å². The third-order valence-corrected chi connectivity index (χ3v) is 5.24. The Labute approximate surface area is 178 Å². The van der Waals surface area contributed by atoms with E-state index < -0.39 is 0 Å². The topological polar surface area (TPSA) is 0 Å². The summed E-state index contributed by atoms with van der Waals surface area (Å²) in [5, 5.41) is 0. The van der Waals surface area contributed by atoms with E-state index in [1.54, 1.807) is 23.5 Å². The predicted molar refractivity (Wildman–Crippen MR) is 124 cm³/mol. The molecule has 0 spiro atoms. The molecule has 2 rings (SSSR count). The van der Waals surface area contributed by atoms with Crippen LogP contribution >= 0.6 is 23.5 Å². The quantitative estimate of drug-likeness (QED) is 0.339. The Morgan fingerprint density at radius 1 is 0.571 bits per heavy atom. The molecule has 0 aliphatic carbocycles. The number of benzene rings is 2. The molecule has 0 aliphatic heterocycles. The lowest BCUT2D eigenvalue weighted by Gasteiger charge is -1.93. The van der Waals surface area contributed by atoms with Gasteiger partial charge in [0.1, 0.15) is 0 Å². The highest BCUT2D eigenvalue weighted by Gasteiger charge is 1.89. The van der Waals surface area contributed by atoms with Crippen LogP contribution in [0.5, 0.6) is 0 Å². The van der Waals surface area contributed by atoms with Gasteiger partial charge in [-0.25, -0.2) is 0 Å². The molecule has 0 heterocycles. The molecule has 2 heteroatoms. The Kier molecular flexibility index (Phi) is 10.5. The maximum Gasteiger partial charge on any atom is 0.0256 e. The second kappa shape index (κ2) is 13.5. The molecule has 0 saturated heterocycles. The molecular formula is C26H22S2. The van der Waals surface area contributed by atoms with Crippen molar-refractivity contribution in [3.05, 3.63) is 59.7 Å². The van der Waals surface area contributed by atoms with Gasteiger partial charge >= 0.3 is 0 Å². The summed E-state index contributed by atoms with van der Waals surface area (Å²) in [7, 11) is 0. The molecule has 0 atom stereocenters. The highest BCUT2D eigenvalue weighted by molar-refractivity contribution is 7.98. The zero-order valence-electron chi connectivity index (χ0n) is 16.3. The van der Waals surface area contributed by atoms with Crippen molar-refractivity contribution >= 4 is 23.5 Å². The minimum atomic E-state index is 0.856. The van der Waals surface area contributed by atoms with Gasteiger partial charge in [-0.3, -0.25) is 0 Å². The smallest absolute Gasteiger partial charge is 0.0256 e. The van der Waals surface area contributed by atoms with Crippen molar-refractivity contribution in [3.63, 3.8) is 0 Å². The Morgan fingerprint density at radius 2 is 0.964 bits per heavy atom. The normalized spacial score (nSPS) is 8.79. The van der Waals surface area contributed by atoms with E-state index in [0.717, 1.165) is 36.8 Å². The predicted octanol–water partition coefficient (Wildman–Crippen LogP) is 6.10. The first-order valence-corrected chi connectivity index (χ1v) is 11.5. The standard InChI is InChI=1S/C26H22S2/c1-27-25-19-15-23(16-20-25)13-11-9-7-5-3-4-6-8-10-12-14-24-17-21-26(28-2)22-18-24/h15-22H,3-6H2,1-2H3. The van der Waals surface area contributed by atoms with Crippen LogP contribution < -0.4 is 0 Å². The lowest BCUT2D eigenvalue weighted by Crippen LogP contribution is -1.75. The molecule has 0 fully saturated rings. The van der Waals surface area contributed by atoms with Crippen molar-refractivity contribution in [2.75, 3.05) is 12.5 Å². The monoisotopic (exact) mass is 398 g/mol. The summed E-state index contributed by atoms with van der Waals surface area (Å²) in [5.74, 6) is 24.0. The Balaban J connectivity index is 1.63. The largest absolute Gasteiger partial charge is 0.130 e. The minimum absolute atomic E-state index is 0.856. The van der Waals surface area contributed by atoms with Crippen LogP contribution in [0, 0.1) is 47.4 Å². The van der Waals surface area contributed by atoms with Crippen LogP contribution in [0.15, 0.2) is 58.3 Å². The molecule has 0 nitrogen and oxygen atoms in total. The van der Waals surface area contributed by atoms with Crippen molar-refractivity contribution in [3.8, 4) is 47.4 Å². The second-order valence-electron chi connectivity index (χ2n) is 5.77. The molecule has 0 bridgehead atoms. The van der Waals surface area contributed by atoms with Gasteiger partial charge < -0.3 is 0 Å². The number of hydrogen-bond acceptors (Lipinski definition) is 2. The van der Waals surface area contributed by atoms with Gasteiger partial charge in [0.25, 0.3) is 0 Å². The van der Waals surface area contributed by atoms with Gasteiger partial charge in [-0.15, -0.1) is 23.5 Å². The van der Waals surface area contributed by atoms with Crippen LogP contribution in [0.4, 0.5) is 0 Å². The molecule has 0 N–H and O–H groups in total. The van der Waals surface area contributed by atoms with E-state index in [2.05, 4.69) is 84.1 Å². The first-order valence-electron chi connectivity index (χ1n) is 9.07. The van der Waals surface area contributed by atoms with E-state index in [1.165, 1.54) is 9.79 Å². The molecule has 2 aromatic carbocycles. The number of hydrogen-bond donors (Lipinski definition) is 0. The first kappa shape index (κ1) is 21.7. The Bertz CT molecular complexity index is 899. The molecular weight excluding hydrogens is 376 g/mol. The fraction of sp³-hybridized carbons (Fsp3) is 0.231. The average molecular weight is 399 g/mol. The summed E-state index contributed by atoms with van der Waals surface area (Å²) in [6, 6.07) is 16.4. The summed E-state index contributed by atoms with van der Waals surface area (Å²) in [5.41, 5.74) is 2.01. The molecule has 138 valence electrons. The first-order chi connectivity index (χ1) is 13.8. The minimum Gasteiger partial charge on any atom is -0.130 e. The van der Waals surface area contributed by atoms with E-state index in [0.29, 0.717) is 0 Å². The zero-order valence-corrected chi connectivity index (χ0v) is 17.9. The van der Waals surface area contributed by atoms with Crippen LogP contribution in [-0.2, 0) is 0 Å². The molecule has 2 aromatic rings. The van der Waals surface area contributed by atoms with Crippen LogP contribution in [0.3, 0.4) is 0 Å². The average Bonchev–Trinajstić information content (AvgIpc) is 2.75. The number of unbranched alkanes of at least 4 members (excludes halogenated alkanes) is 3. The molecule has 0 saturated carbocycles. The van der Waals surface area contributed by atoms with Crippen molar-refractivity contribution in [1.82, 2.24) is 0 Å². The highest BCUT2D eigenvalue weighted by atomic mass is 32.2. The lowest BCUT2D eigenvalue weighted by molar-refractivity contribution is 0.782. The van der Waals surface area contributed by atoms with Crippen molar-refractivity contribution < 1.29 is 0 Å². The van der Waals surface area contributed by atoms with Gasteiger partial charge in [0.05, 0.1) is 0 Å². The van der Waals surface area contributed by atoms with Gasteiger partial charge in [0, 0.05) is 33.8 Å². The zero-order chi connectivity index (χ0) is 19.9. The van der Waals surface area contributed by atoms with Crippen LogP contribution in [0.1, 0.15) is 36.8 Å². The SMILES string of the molecule is CSc1ccc(C#CC#CCCCCC#CC#Cc2ccc(SC)cc2)cc1. The van der Waals surface area contributed by atoms with Crippen molar-refractivity contribution in [2.24, 2.45) is 0 Å². The van der Waals surface area contributed by atoms with E-state index in [1.807, 2.05) is 24.3 Å². The summed E-state index contributed by atoms with van der Waals surface area (Å²) >= 11 is 3.46. The van der Waals surface area contributed by atoms with Gasteiger partial charge in [0.2, 0.25) is 0 Å². The van der Waals surface area contributed by atoms with E-state index in [-0.39, 0.29) is 0 Å². The fourth-order valence-electron chi connectivity index (χ4n) is 2.20. The Hall–Kier alpha value is -2.62. The third kappa shape index (κ3) is 8.85. The number of thioether (sulfide) groups is 2. The summed E-state index contributed by atoms with van der Waals surface area (Å²) in [6.45, 7) is 0. The number of rotatable bonds is 5. The van der Waals surface area contributed by atoms with E-state index >= 15 is 0 Å². The summed E-state index contributed by atoms with van der Waals surface area (Å²) in [6.07, 6.45) is 7.92. The third-order valence-electron chi connectivity index (χ3n) is 3.75. The van der Waals surface area contributed by atoms with Crippen LogP contribution in [0.2, 0.25) is 0 Å². The van der Waals surface area contributed by atoms with Crippen molar-refractivity contribution in [1.29, 1.82) is 0 Å². The second-order valence-corrected chi connectivity index (χ2v) is 7.53. The van der Waals surface area contributed by atoms with Crippen LogP contribution in [-0.4, -0.2) is 12.5 Å². The van der Waals surface area contributed by atoms with Gasteiger partial charge in [-0.1, -0.05) is 23.7 Å². The van der Waals surface area contributed by atoms with Gasteiger partial charge in [0.15, 0.2) is 0 Å². The fourth-order valence-corrected chi connectivity index (χ4v) is 3.01. The molecule has 0 aliphatic rings. The highest BCUT2D eigenvalue weighted by Crippen LogP contribution is 2.14.